The molecule has 0 aliphatic rings. The van der Waals surface area contributed by atoms with Crippen LogP contribution in [0.1, 0.15) is 60.3 Å². The van der Waals surface area contributed by atoms with Crippen LogP contribution in [0.25, 0.3) is 0 Å². The molecule has 0 aromatic rings. The number of rotatable bonds is 11. The van der Waals surface area contributed by atoms with Crippen LogP contribution in [0.2, 0.25) is 0 Å². The van der Waals surface area contributed by atoms with E-state index in [-0.39, 0.29) is 35.8 Å². The molecule has 0 aliphatic heterocycles. The third-order valence-electron chi connectivity index (χ3n) is 3.55. The fourth-order valence-corrected chi connectivity index (χ4v) is 2.35. The third-order valence-corrected chi connectivity index (χ3v) is 3.55. The highest BCUT2D eigenvalue weighted by atomic mass is 127. The highest BCUT2D eigenvalue weighted by Gasteiger charge is 2.24. The Balaban J connectivity index is 0. The molecule has 0 radical (unpaired) electrons. The number of carbonyl (C=O) groups excluding carboxylic acids is 1. The van der Waals surface area contributed by atoms with Gasteiger partial charge in [0.15, 0.2) is 5.96 Å². The quantitative estimate of drug-likeness (QED) is 0.166. The van der Waals surface area contributed by atoms with Crippen molar-refractivity contribution in [2.45, 2.75) is 65.9 Å². The fraction of sp³-hybridized carbons (Fsp3) is 0.882. The molecule has 24 heavy (non-hydrogen) atoms. The highest BCUT2D eigenvalue weighted by Crippen LogP contribution is 2.19. The molecule has 0 saturated heterocycles. The van der Waals surface area contributed by atoms with Gasteiger partial charge in [-0.05, 0) is 19.8 Å². The molecule has 0 saturated carbocycles. The van der Waals surface area contributed by atoms with Gasteiger partial charge in [-0.1, -0.05) is 40.5 Å². The van der Waals surface area contributed by atoms with Crippen LogP contribution in [0, 0.1) is 5.92 Å². The minimum Gasteiger partial charge on any atom is -0.388 e. The maximum atomic E-state index is 11.5. The number of nitrogens with one attached hydrogen (secondary N) is 3. The number of amides is 1. The zero-order valence-electron chi connectivity index (χ0n) is 15.9. The van der Waals surface area contributed by atoms with Crippen LogP contribution in [0.4, 0.5) is 0 Å². The molecule has 0 aliphatic carbocycles. The van der Waals surface area contributed by atoms with Gasteiger partial charge in [0.2, 0.25) is 5.91 Å². The van der Waals surface area contributed by atoms with Crippen molar-refractivity contribution in [1.29, 1.82) is 0 Å². The Bertz CT molecular complexity index is 356. The molecule has 4 N–H and O–H groups in total. The summed E-state index contributed by atoms with van der Waals surface area (Å²) in [6.45, 7) is 12.2. The molecule has 0 spiro atoms. The normalized spacial score (nSPS) is 11.9. The molecule has 0 atom stereocenters. The largest absolute Gasteiger partial charge is 0.388 e. The number of hydrogen-bond acceptors (Lipinski definition) is 3. The van der Waals surface area contributed by atoms with Crippen molar-refractivity contribution in [2.75, 3.05) is 26.2 Å². The first kappa shape index (κ1) is 25.7. The zero-order valence-corrected chi connectivity index (χ0v) is 18.3. The van der Waals surface area contributed by atoms with E-state index in [9.17, 15) is 9.90 Å². The van der Waals surface area contributed by atoms with Crippen molar-refractivity contribution in [3.05, 3.63) is 0 Å². The van der Waals surface area contributed by atoms with Crippen LogP contribution < -0.4 is 16.0 Å². The van der Waals surface area contributed by atoms with E-state index in [0.717, 1.165) is 32.2 Å². The molecule has 7 heteroatoms. The van der Waals surface area contributed by atoms with Crippen LogP contribution in [0.15, 0.2) is 4.99 Å². The van der Waals surface area contributed by atoms with Crippen LogP contribution >= 0.6 is 24.0 Å². The molecular formula is C17H37IN4O2. The van der Waals surface area contributed by atoms with Gasteiger partial charge in [-0.15, -0.1) is 24.0 Å². The summed E-state index contributed by atoms with van der Waals surface area (Å²) >= 11 is 0. The van der Waals surface area contributed by atoms with E-state index >= 15 is 0 Å². The summed E-state index contributed by atoms with van der Waals surface area (Å²) in [6, 6.07) is 0. The van der Waals surface area contributed by atoms with E-state index in [1.165, 1.54) is 0 Å². The molecule has 1 amide bonds. The van der Waals surface area contributed by atoms with Crippen molar-refractivity contribution in [3.8, 4) is 0 Å². The molecule has 0 fully saturated rings. The van der Waals surface area contributed by atoms with Crippen LogP contribution in [-0.2, 0) is 4.79 Å². The Hall–Kier alpha value is -0.570. The standard InChI is InChI=1S/C17H36N4O2.HI/c1-6-9-17(23,10-7-2)13-21-16(18-8-3)20-12-11-19-15(22)14(4)5;/h14,23H,6-13H2,1-5H3,(H,19,22)(H2,18,20,21);1H. The average Bonchev–Trinajstić information content (AvgIpc) is 2.49. The fourth-order valence-electron chi connectivity index (χ4n) is 2.35. The second-order valence-corrected chi connectivity index (χ2v) is 6.29. The van der Waals surface area contributed by atoms with Crippen molar-refractivity contribution in [2.24, 2.45) is 10.9 Å². The molecule has 0 unspecified atom stereocenters. The van der Waals surface area contributed by atoms with Crippen LogP contribution in [-0.4, -0.2) is 48.8 Å². The van der Waals surface area contributed by atoms with E-state index in [2.05, 4.69) is 34.8 Å². The maximum Gasteiger partial charge on any atom is 0.222 e. The van der Waals surface area contributed by atoms with Gasteiger partial charge in [0, 0.05) is 25.6 Å². The lowest BCUT2D eigenvalue weighted by Crippen LogP contribution is -2.43. The smallest absolute Gasteiger partial charge is 0.222 e. The van der Waals surface area contributed by atoms with Crippen LogP contribution in [0.3, 0.4) is 0 Å². The minimum absolute atomic E-state index is 0. The third kappa shape index (κ3) is 11.9. The summed E-state index contributed by atoms with van der Waals surface area (Å²) in [4.78, 5) is 16.0. The Morgan fingerprint density at radius 1 is 1.04 bits per heavy atom. The number of carbonyl (C=O) groups is 1. The Morgan fingerprint density at radius 3 is 2.04 bits per heavy atom. The van der Waals surface area contributed by atoms with E-state index < -0.39 is 5.60 Å². The van der Waals surface area contributed by atoms with Gasteiger partial charge >= 0.3 is 0 Å². The van der Waals surface area contributed by atoms with Crippen LogP contribution in [0.5, 0.6) is 0 Å². The Kier molecular flexibility index (Phi) is 15.8. The predicted octanol–water partition coefficient (Wildman–Crippen LogP) is 2.26. The number of hydrogen-bond donors (Lipinski definition) is 4. The monoisotopic (exact) mass is 456 g/mol. The minimum atomic E-state index is -0.724. The predicted molar refractivity (Wildman–Crippen MR) is 112 cm³/mol. The number of halogens is 1. The lowest BCUT2D eigenvalue weighted by Gasteiger charge is -2.26. The van der Waals surface area contributed by atoms with Crippen molar-refractivity contribution in [3.63, 3.8) is 0 Å². The van der Waals surface area contributed by atoms with Gasteiger partial charge in [0.05, 0.1) is 12.1 Å². The van der Waals surface area contributed by atoms with E-state index in [4.69, 9.17) is 0 Å². The molecule has 6 nitrogen and oxygen atoms in total. The lowest BCUT2D eigenvalue weighted by molar-refractivity contribution is -0.123. The topological polar surface area (TPSA) is 85.8 Å². The Labute approximate surface area is 164 Å². The van der Waals surface area contributed by atoms with Gasteiger partial charge in [-0.3, -0.25) is 9.79 Å². The molecule has 0 rings (SSSR count). The summed E-state index contributed by atoms with van der Waals surface area (Å²) in [5.41, 5.74) is -0.724. The molecule has 0 aromatic carbocycles. The first-order valence-corrected chi connectivity index (χ1v) is 8.90. The zero-order chi connectivity index (χ0) is 17.7. The summed E-state index contributed by atoms with van der Waals surface area (Å²) in [5.74, 6) is 0.723. The highest BCUT2D eigenvalue weighted by molar-refractivity contribution is 14.0. The molecule has 0 aromatic heterocycles. The summed E-state index contributed by atoms with van der Waals surface area (Å²) in [6.07, 6.45) is 3.40. The van der Waals surface area contributed by atoms with Crippen molar-refractivity contribution in [1.82, 2.24) is 16.0 Å². The number of nitrogens with zero attached hydrogens (tertiary/aromatic N) is 1. The first-order valence-electron chi connectivity index (χ1n) is 8.90. The molecule has 0 heterocycles. The SMILES string of the molecule is CCCC(O)(CCC)CN=C(NCC)NCCNC(=O)C(C)C.I. The summed E-state index contributed by atoms with van der Waals surface area (Å²) in [7, 11) is 0. The van der Waals surface area contributed by atoms with Crippen molar-refractivity contribution < 1.29 is 9.90 Å². The maximum absolute atomic E-state index is 11.5. The first-order chi connectivity index (χ1) is 10.9. The second-order valence-electron chi connectivity index (χ2n) is 6.29. The van der Waals surface area contributed by atoms with E-state index in [1.54, 1.807) is 0 Å². The second kappa shape index (κ2) is 14.7. The molecule has 144 valence electrons. The Morgan fingerprint density at radius 2 is 1.58 bits per heavy atom. The number of aliphatic imine (C=N–C) groups is 1. The van der Waals surface area contributed by atoms with Crippen molar-refractivity contribution >= 4 is 35.8 Å². The number of aliphatic hydroxyl groups is 1. The van der Waals surface area contributed by atoms with Gasteiger partial charge in [-0.25, -0.2) is 0 Å². The average molecular weight is 456 g/mol. The molecule has 0 bridgehead atoms. The number of guanidine groups is 1. The van der Waals surface area contributed by atoms with Gasteiger partial charge in [0.1, 0.15) is 0 Å². The van der Waals surface area contributed by atoms with E-state index in [0.29, 0.717) is 25.6 Å². The van der Waals surface area contributed by atoms with Gasteiger partial charge in [0.25, 0.3) is 0 Å². The summed E-state index contributed by atoms with van der Waals surface area (Å²) < 4.78 is 0. The van der Waals surface area contributed by atoms with E-state index in [1.807, 2.05) is 20.8 Å². The molecular weight excluding hydrogens is 419 g/mol. The van der Waals surface area contributed by atoms with Gasteiger partial charge < -0.3 is 21.1 Å². The summed E-state index contributed by atoms with van der Waals surface area (Å²) in [5, 5.41) is 19.8. The van der Waals surface area contributed by atoms with Gasteiger partial charge in [-0.2, -0.15) is 0 Å². The lowest BCUT2D eigenvalue weighted by atomic mass is 9.93.